The number of hydroxylamine groups is 1. The Labute approximate surface area is 181 Å². The number of thioether (sulfide) groups is 1. The third-order valence-corrected chi connectivity index (χ3v) is 5.73. The van der Waals surface area contributed by atoms with Gasteiger partial charge in [-0.25, -0.2) is 4.98 Å². The summed E-state index contributed by atoms with van der Waals surface area (Å²) in [6, 6.07) is 11.4. The second kappa shape index (κ2) is 8.02. The number of aromatic nitrogens is 4. The maximum absolute atomic E-state index is 10.8. The van der Waals surface area contributed by atoms with Crippen LogP contribution >= 0.6 is 23.4 Å². The number of carboxylic acid groups (broad SMARTS) is 1. The second-order valence-electron chi connectivity index (χ2n) is 6.76. The molecular weight excluding hydrogens is 426 g/mol. The van der Waals surface area contributed by atoms with Gasteiger partial charge in [0.05, 0.1) is 22.0 Å². The number of benzene rings is 2. The van der Waals surface area contributed by atoms with Crippen molar-refractivity contribution in [2.24, 2.45) is 7.05 Å². The Morgan fingerprint density at radius 2 is 1.97 bits per heavy atom. The molecule has 0 bridgehead atoms. The number of hydrogen-bond acceptors (Lipinski definition) is 6. The molecule has 0 aliphatic heterocycles. The van der Waals surface area contributed by atoms with Gasteiger partial charge in [-0.1, -0.05) is 23.4 Å². The lowest BCUT2D eigenvalue weighted by molar-refractivity contribution is -0.133. The minimum Gasteiger partial charge on any atom is -0.481 e. The molecule has 4 aromatic rings. The molecule has 2 aromatic carbocycles. The number of aromatic amines is 1. The first-order valence-corrected chi connectivity index (χ1v) is 10.3. The van der Waals surface area contributed by atoms with Gasteiger partial charge in [0, 0.05) is 31.2 Å². The van der Waals surface area contributed by atoms with Crippen LogP contribution in [0.2, 0.25) is 5.02 Å². The van der Waals surface area contributed by atoms with Crippen molar-refractivity contribution in [2.45, 2.75) is 5.16 Å². The van der Waals surface area contributed by atoms with Crippen molar-refractivity contribution >= 4 is 45.9 Å². The zero-order valence-electron chi connectivity index (χ0n) is 16.1. The lowest BCUT2D eigenvalue weighted by Crippen LogP contribution is -2.10. The van der Waals surface area contributed by atoms with E-state index >= 15 is 0 Å². The number of H-pyrrole nitrogens is 1. The molecule has 8 nitrogen and oxygen atoms in total. The lowest BCUT2D eigenvalue weighted by atomic mass is 10.00. The van der Waals surface area contributed by atoms with Crippen molar-refractivity contribution in [3.8, 4) is 22.5 Å². The van der Waals surface area contributed by atoms with E-state index in [0.717, 1.165) is 38.9 Å². The molecule has 0 radical (unpaired) electrons. The highest BCUT2D eigenvalue weighted by Crippen LogP contribution is 2.35. The van der Waals surface area contributed by atoms with E-state index in [1.807, 2.05) is 48.1 Å². The van der Waals surface area contributed by atoms with E-state index in [0.29, 0.717) is 27.3 Å². The Bertz CT molecular complexity index is 1250. The molecule has 0 atom stereocenters. The van der Waals surface area contributed by atoms with Gasteiger partial charge in [0.15, 0.2) is 5.82 Å². The zero-order valence-corrected chi connectivity index (χ0v) is 17.7. The zero-order chi connectivity index (χ0) is 21.4. The topological polar surface area (TPSA) is 107 Å². The summed E-state index contributed by atoms with van der Waals surface area (Å²) in [5, 5.41) is 28.8. The maximum Gasteiger partial charge on any atom is 0.313 e. The van der Waals surface area contributed by atoms with E-state index in [4.69, 9.17) is 16.7 Å². The van der Waals surface area contributed by atoms with Crippen molar-refractivity contribution in [1.29, 1.82) is 0 Å². The summed E-state index contributed by atoms with van der Waals surface area (Å²) >= 11 is 7.55. The molecule has 0 amide bonds. The van der Waals surface area contributed by atoms with Crippen molar-refractivity contribution in [3.05, 3.63) is 47.6 Å². The molecule has 4 rings (SSSR count). The first-order chi connectivity index (χ1) is 14.3. The fourth-order valence-corrected chi connectivity index (χ4v) is 4.10. The Morgan fingerprint density at radius 1 is 1.23 bits per heavy atom. The van der Waals surface area contributed by atoms with Gasteiger partial charge < -0.3 is 9.67 Å². The molecule has 0 aliphatic rings. The average Bonchev–Trinajstić information content (AvgIpc) is 3.33. The Hall–Kier alpha value is -3.01. The van der Waals surface area contributed by atoms with Crippen LogP contribution in [0, 0.1) is 0 Å². The summed E-state index contributed by atoms with van der Waals surface area (Å²) in [5.41, 5.74) is 3.94. The number of rotatable bonds is 6. The number of carbonyl (C=O) groups is 1. The Morgan fingerprint density at radius 3 is 2.70 bits per heavy atom. The summed E-state index contributed by atoms with van der Waals surface area (Å²) < 4.78 is 1.97. The number of aryl methyl sites for hydroxylation is 1. The van der Waals surface area contributed by atoms with Crippen molar-refractivity contribution in [3.63, 3.8) is 0 Å². The van der Waals surface area contributed by atoms with Gasteiger partial charge in [-0.15, -0.1) is 5.10 Å². The minimum atomic E-state index is -0.939. The van der Waals surface area contributed by atoms with Crippen molar-refractivity contribution in [2.75, 3.05) is 17.9 Å². The number of aliphatic carboxylic acids is 1. The fraction of sp³-hybridized carbons (Fsp3) is 0.150. The SMILES string of the molecule is CN(O)c1cc(-c2cc(Cl)c3c(ccn3C)c2)cc(-c2nc(SCC(=O)O)n[nH]2)c1. The quantitative estimate of drug-likeness (QED) is 0.301. The van der Waals surface area contributed by atoms with E-state index in [1.54, 1.807) is 6.07 Å². The van der Waals surface area contributed by atoms with Crippen LogP contribution in [-0.4, -0.2) is 48.8 Å². The highest BCUT2D eigenvalue weighted by molar-refractivity contribution is 7.99. The lowest BCUT2D eigenvalue weighted by Gasteiger charge is -2.14. The smallest absolute Gasteiger partial charge is 0.313 e. The van der Waals surface area contributed by atoms with E-state index in [9.17, 15) is 10.0 Å². The average molecular weight is 444 g/mol. The minimum absolute atomic E-state index is 0.127. The Balaban J connectivity index is 1.78. The highest BCUT2D eigenvalue weighted by atomic mass is 35.5. The van der Waals surface area contributed by atoms with Gasteiger partial charge >= 0.3 is 5.97 Å². The van der Waals surface area contributed by atoms with Gasteiger partial charge in [-0.2, -0.15) is 0 Å². The summed E-state index contributed by atoms with van der Waals surface area (Å²) in [5.74, 6) is -0.595. The van der Waals surface area contributed by atoms with E-state index in [-0.39, 0.29) is 5.75 Å². The number of carboxylic acids is 1. The summed E-state index contributed by atoms with van der Waals surface area (Å²) in [6.45, 7) is 0. The number of anilines is 1. The van der Waals surface area contributed by atoms with Crippen LogP contribution in [0.1, 0.15) is 0 Å². The largest absolute Gasteiger partial charge is 0.481 e. The summed E-state index contributed by atoms with van der Waals surface area (Å²) in [4.78, 5) is 15.1. The van der Waals surface area contributed by atoms with Gasteiger partial charge in [0.2, 0.25) is 5.16 Å². The fourth-order valence-electron chi connectivity index (χ4n) is 3.22. The Kier molecular flexibility index (Phi) is 5.42. The van der Waals surface area contributed by atoms with E-state index < -0.39 is 5.97 Å². The van der Waals surface area contributed by atoms with Crippen LogP contribution in [0.25, 0.3) is 33.4 Å². The standard InChI is InChI=1S/C20H18ClN5O3S/c1-25-4-3-11-5-13(9-16(21)18(11)25)12-6-14(8-15(7-12)26(2)29)19-22-20(24-23-19)30-10-17(27)28/h3-9,29H,10H2,1-2H3,(H,27,28)(H,22,23,24). The van der Waals surface area contributed by atoms with Crippen molar-refractivity contribution in [1.82, 2.24) is 19.7 Å². The summed E-state index contributed by atoms with van der Waals surface area (Å²) in [7, 11) is 3.47. The predicted molar refractivity (Wildman–Crippen MR) is 117 cm³/mol. The van der Waals surface area contributed by atoms with E-state index in [2.05, 4.69) is 15.2 Å². The van der Waals surface area contributed by atoms with Crippen LogP contribution in [0.3, 0.4) is 0 Å². The molecule has 0 fully saturated rings. The highest BCUT2D eigenvalue weighted by Gasteiger charge is 2.14. The molecule has 0 aliphatic carbocycles. The van der Waals surface area contributed by atoms with Crippen LogP contribution in [0.4, 0.5) is 5.69 Å². The van der Waals surface area contributed by atoms with Crippen LogP contribution in [0.5, 0.6) is 0 Å². The molecule has 2 aromatic heterocycles. The van der Waals surface area contributed by atoms with Gasteiger partial charge in [-0.05, 0) is 47.5 Å². The van der Waals surface area contributed by atoms with Crippen LogP contribution < -0.4 is 5.06 Å². The molecule has 0 unspecified atom stereocenters. The molecule has 0 saturated heterocycles. The molecule has 0 saturated carbocycles. The predicted octanol–water partition coefficient (Wildman–Crippen LogP) is 4.29. The third kappa shape index (κ3) is 4.00. The molecule has 30 heavy (non-hydrogen) atoms. The van der Waals surface area contributed by atoms with Gasteiger partial charge in [-0.3, -0.25) is 20.2 Å². The summed E-state index contributed by atoms with van der Waals surface area (Å²) in [6.07, 6.45) is 1.95. The van der Waals surface area contributed by atoms with Crippen LogP contribution in [-0.2, 0) is 11.8 Å². The molecule has 3 N–H and O–H groups in total. The van der Waals surface area contributed by atoms with E-state index in [1.165, 1.54) is 7.05 Å². The number of nitrogens with one attached hydrogen (secondary N) is 1. The van der Waals surface area contributed by atoms with Gasteiger partial charge in [0.25, 0.3) is 0 Å². The maximum atomic E-state index is 10.8. The molecular formula is C20H18ClN5O3S. The molecule has 0 spiro atoms. The first-order valence-electron chi connectivity index (χ1n) is 8.92. The third-order valence-electron chi connectivity index (χ3n) is 4.61. The normalized spacial score (nSPS) is 11.2. The van der Waals surface area contributed by atoms with Crippen LogP contribution in [0.15, 0.2) is 47.8 Å². The first kappa shape index (κ1) is 20.3. The number of hydrogen-bond donors (Lipinski definition) is 3. The number of nitrogens with zero attached hydrogens (tertiary/aromatic N) is 4. The molecule has 154 valence electrons. The monoisotopic (exact) mass is 443 g/mol. The van der Waals surface area contributed by atoms with Gasteiger partial charge in [0.1, 0.15) is 0 Å². The van der Waals surface area contributed by atoms with Crippen molar-refractivity contribution < 1.29 is 15.1 Å². The second-order valence-corrected chi connectivity index (χ2v) is 8.11. The molecule has 10 heteroatoms. The number of halogens is 1. The molecule has 2 heterocycles. The number of fused-ring (bicyclic) bond motifs is 1.